The molecule has 1 saturated heterocycles. The van der Waals surface area contributed by atoms with E-state index < -0.39 is 0 Å². The molecule has 20 heavy (non-hydrogen) atoms. The minimum Gasteiger partial charge on any atom is -0.372 e. The highest BCUT2D eigenvalue weighted by Crippen LogP contribution is 2.24. The lowest BCUT2D eigenvalue weighted by atomic mass is 9.99. The van der Waals surface area contributed by atoms with E-state index in [2.05, 4.69) is 46.7 Å². The molecule has 0 radical (unpaired) electrons. The number of nitrogens with zero attached hydrogens (tertiary/aromatic N) is 1. The molecule has 2 aliphatic rings. The summed E-state index contributed by atoms with van der Waals surface area (Å²) < 4.78 is 0. The molecule has 0 amide bonds. The van der Waals surface area contributed by atoms with Gasteiger partial charge in [0.05, 0.1) is 0 Å². The smallest absolute Gasteiger partial charge is 0.170 e. The van der Waals surface area contributed by atoms with Crippen LogP contribution in [0.3, 0.4) is 0 Å². The zero-order valence-corrected chi connectivity index (χ0v) is 12.9. The second kappa shape index (κ2) is 6.00. The monoisotopic (exact) mass is 289 g/mol. The maximum absolute atomic E-state index is 5.29. The van der Waals surface area contributed by atoms with Crippen molar-refractivity contribution in [2.24, 2.45) is 5.92 Å². The Morgan fingerprint density at radius 1 is 1.10 bits per heavy atom. The molecule has 1 aromatic rings. The molecule has 0 atom stereocenters. The van der Waals surface area contributed by atoms with Crippen molar-refractivity contribution in [1.82, 2.24) is 5.32 Å². The molecular weight excluding hydrogens is 266 g/mol. The summed E-state index contributed by atoms with van der Waals surface area (Å²) in [6.07, 6.45) is 5.09. The van der Waals surface area contributed by atoms with Crippen molar-refractivity contribution in [3.63, 3.8) is 0 Å². The molecule has 3 nitrogen and oxygen atoms in total. The van der Waals surface area contributed by atoms with Crippen molar-refractivity contribution >= 4 is 28.7 Å². The Morgan fingerprint density at radius 3 is 2.35 bits per heavy atom. The fraction of sp³-hybridized carbons (Fsp3) is 0.562. The molecule has 2 N–H and O–H groups in total. The van der Waals surface area contributed by atoms with Crippen molar-refractivity contribution in [3.05, 3.63) is 24.3 Å². The predicted octanol–water partition coefficient (Wildman–Crippen LogP) is 3.37. The van der Waals surface area contributed by atoms with Crippen LogP contribution in [0.4, 0.5) is 11.4 Å². The van der Waals surface area contributed by atoms with E-state index in [0.29, 0.717) is 6.04 Å². The van der Waals surface area contributed by atoms with Gasteiger partial charge in [-0.05, 0) is 68.1 Å². The van der Waals surface area contributed by atoms with Gasteiger partial charge in [0.25, 0.3) is 0 Å². The van der Waals surface area contributed by atoms with Crippen LogP contribution in [0.5, 0.6) is 0 Å². The largest absolute Gasteiger partial charge is 0.372 e. The number of thiocarbonyl (C=S) groups is 1. The molecule has 1 saturated carbocycles. The molecular formula is C16H23N3S. The SMILES string of the molecule is CC1CCN(c2ccc(NC(=S)NC3CC3)cc2)CC1. The Kier molecular flexibility index (Phi) is 4.10. The van der Waals surface area contributed by atoms with Crippen molar-refractivity contribution in [2.75, 3.05) is 23.3 Å². The average Bonchev–Trinajstić information content (AvgIpc) is 3.24. The summed E-state index contributed by atoms with van der Waals surface area (Å²) >= 11 is 5.29. The Balaban J connectivity index is 1.55. The summed E-state index contributed by atoms with van der Waals surface area (Å²) in [6.45, 7) is 4.70. The normalized spacial score (nSPS) is 19.8. The first-order valence-electron chi connectivity index (χ1n) is 7.63. The minimum atomic E-state index is 0.601. The van der Waals surface area contributed by atoms with Gasteiger partial charge in [0.1, 0.15) is 0 Å². The van der Waals surface area contributed by atoms with Crippen LogP contribution in [-0.2, 0) is 0 Å². The lowest BCUT2D eigenvalue weighted by Crippen LogP contribution is -2.32. The van der Waals surface area contributed by atoms with Gasteiger partial charge < -0.3 is 15.5 Å². The molecule has 1 aliphatic carbocycles. The van der Waals surface area contributed by atoms with E-state index in [-0.39, 0.29) is 0 Å². The molecule has 0 spiro atoms. The third kappa shape index (κ3) is 3.63. The number of hydrogen-bond donors (Lipinski definition) is 2. The van der Waals surface area contributed by atoms with Gasteiger partial charge in [-0.25, -0.2) is 0 Å². The average molecular weight is 289 g/mol. The Bertz CT molecular complexity index is 459. The summed E-state index contributed by atoms with van der Waals surface area (Å²) in [5.74, 6) is 0.873. The number of benzene rings is 1. The molecule has 108 valence electrons. The molecule has 1 aliphatic heterocycles. The lowest BCUT2D eigenvalue weighted by molar-refractivity contribution is 0.438. The van der Waals surface area contributed by atoms with E-state index in [4.69, 9.17) is 12.2 Å². The third-order valence-corrected chi connectivity index (χ3v) is 4.41. The first-order valence-corrected chi connectivity index (χ1v) is 8.04. The number of piperidine rings is 1. The van der Waals surface area contributed by atoms with E-state index in [1.165, 1.54) is 44.5 Å². The van der Waals surface area contributed by atoms with Gasteiger partial charge in [-0.1, -0.05) is 6.92 Å². The first-order chi connectivity index (χ1) is 9.70. The van der Waals surface area contributed by atoms with Crippen molar-refractivity contribution < 1.29 is 0 Å². The van der Waals surface area contributed by atoms with Crippen molar-refractivity contribution in [3.8, 4) is 0 Å². The maximum Gasteiger partial charge on any atom is 0.170 e. The minimum absolute atomic E-state index is 0.601. The molecule has 0 bridgehead atoms. The second-order valence-electron chi connectivity index (χ2n) is 6.09. The first kappa shape index (κ1) is 13.7. The van der Waals surface area contributed by atoms with Gasteiger partial charge >= 0.3 is 0 Å². The predicted molar refractivity (Wildman–Crippen MR) is 89.4 cm³/mol. The van der Waals surface area contributed by atoms with Crippen LogP contribution in [0.1, 0.15) is 32.6 Å². The van der Waals surface area contributed by atoms with Crippen LogP contribution in [0.15, 0.2) is 24.3 Å². The molecule has 0 aromatic heterocycles. The second-order valence-corrected chi connectivity index (χ2v) is 6.50. The van der Waals surface area contributed by atoms with E-state index >= 15 is 0 Å². The van der Waals surface area contributed by atoms with Gasteiger partial charge in [0, 0.05) is 30.5 Å². The standard InChI is InChI=1S/C16H23N3S/c1-12-8-10-19(11-9-12)15-6-4-14(5-7-15)18-16(20)17-13-2-3-13/h4-7,12-13H,2-3,8-11H2,1H3,(H2,17,18,20). The van der Waals surface area contributed by atoms with Crippen molar-refractivity contribution in [2.45, 2.75) is 38.6 Å². The van der Waals surface area contributed by atoms with E-state index in [1.54, 1.807) is 0 Å². The molecule has 1 aromatic carbocycles. The van der Waals surface area contributed by atoms with Crippen molar-refractivity contribution in [1.29, 1.82) is 0 Å². The highest BCUT2D eigenvalue weighted by atomic mass is 32.1. The van der Waals surface area contributed by atoms with E-state index in [1.807, 2.05) is 0 Å². The van der Waals surface area contributed by atoms with E-state index in [0.717, 1.165) is 16.7 Å². The topological polar surface area (TPSA) is 27.3 Å². The highest BCUT2D eigenvalue weighted by Gasteiger charge is 2.21. The van der Waals surface area contributed by atoms with Gasteiger partial charge in [-0.3, -0.25) is 0 Å². The van der Waals surface area contributed by atoms with E-state index in [9.17, 15) is 0 Å². The highest BCUT2D eigenvalue weighted by molar-refractivity contribution is 7.80. The molecule has 3 rings (SSSR count). The van der Waals surface area contributed by atoms with Gasteiger partial charge in [-0.2, -0.15) is 0 Å². The summed E-state index contributed by atoms with van der Waals surface area (Å²) in [6, 6.07) is 9.23. The summed E-state index contributed by atoms with van der Waals surface area (Å²) in [5.41, 5.74) is 2.39. The van der Waals surface area contributed by atoms with Gasteiger partial charge in [0.15, 0.2) is 5.11 Å². The van der Waals surface area contributed by atoms with Crippen LogP contribution in [0, 0.1) is 5.92 Å². The fourth-order valence-corrected chi connectivity index (χ4v) is 2.89. The molecule has 0 unspecified atom stereocenters. The lowest BCUT2D eigenvalue weighted by Gasteiger charge is -2.32. The quantitative estimate of drug-likeness (QED) is 0.834. The number of rotatable bonds is 3. The number of nitrogens with one attached hydrogen (secondary N) is 2. The molecule has 2 fully saturated rings. The molecule has 1 heterocycles. The van der Waals surface area contributed by atoms with Gasteiger partial charge in [-0.15, -0.1) is 0 Å². The number of hydrogen-bond acceptors (Lipinski definition) is 2. The fourth-order valence-electron chi connectivity index (χ4n) is 2.60. The zero-order valence-electron chi connectivity index (χ0n) is 12.1. The van der Waals surface area contributed by atoms with Crippen LogP contribution in [0.2, 0.25) is 0 Å². The van der Waals surface area contributed by atoms with Crippen LogP contribution in [0.25, 0.3) is 0 Å². The van der Waals surface area contributed by atoms with Crippen LogP contribution < -0.4 is 15.5 Å². The third-order valence-electron chi connectivity index (χ3n) is 4.19. The van der Waals surface area contributed by atoms with Gasteiger partial charge in [0.2, 0.25) is 0 Å². The van der Waals surface area contributed by atoms with Crippen LogP contribution >= 0.6 is 12.2 Å². The molecule has 4 heteroatoms. The van der Waals surface area contributed by atoms with Crippen LogP contribution in [-0.4, -0.2) is 24.2 Å². The Labute approximate surface area is 126 Å². The Hall–Kier alpha value is -1.29. The maximum atomic E-state index is 5.29. The summed E-state index contributed by atoms with van der Waals surface area (Å²) in [7, 11) is 0. The summed E-state index contributed by atoms with van der Waals surface area (Å²) in [5, 5.41) is 7.29. The summed E-state index contributed by atoms with van der Waals surface area (Å²) in [4.78, 5) is 2.48. The Morgan fingerprint density at radius 2 is 1.75 bits per heavy atom. The zero-order chi connectivity index (χ0) is 13.9. The number of anilines is 2.